The number of benzene rings is 2. The smallest absolute Gasteiger partial charge is 0.0771 e. The third kappa shape index (κ3) is 16.3. The molecule has 0 heterocycles. The minimum absolute atomic E-state index is 0. The first-order chi connectivity index (χ1) is 12.9. The number of fused-ring (bicyclic) bond motifs is 3. The molecule has 0 aromatic heterocycles. The second-order valence-electron chi connectivity index (χ2n) is 6.49. The quantitative estimate of drug-likeness (QED) is 0.249. The van der Waals surface area contributed by atoms with Gasteiger partial charge in [-0.15, -0.1) is 71.0 Å². The van der Waals surface area contributed by atoms with Crippen molar-refractivity contribution in [3.8, 4) is 0 Å². The molecule has 0 fully saturated rings. The molecule has 0 bridgehead atoms. The van der Waals surface area contributed by atoms with Crippen LogP contribution in [-0.2, 0) is 23.3 Å². The number of hydrogen-bond donors (Lipinski definition) is 2. The molecule has 4 rings (SSSR count). The molecule has 0 saturated heterocycles. The summed E-state index contributed by atoms with van der Waals surface area (Å²) < 4.78 is 0. The molecule has 2 radical (unpaired) electrons. The first kappa shape index (κ1) is 37.0. The summed E-state index contributed by atoms with van der Waals surface area (Å²) in [5.41, 5.74) is 0. The summed E-state index contributed by atoms with van der Waals surface area (Å²) in [5.74, 6) is 0. The van der Waals surface area contributed by atoms with Crippen LogP contribution in [0.15, 0.2) is 72.8 Å². The van der Waals surface area contributed by atoms with Gasteiger partial charge >= 0.3 is 30.2 Å². The third-order valence-corrected chi connectivity index (χ3v) is 3.11. The van der Waals surface area contributed by atoms with Crippen molar-refractivity contribution in [2.24, 2.45) is 0 Å². The van der Waals surface area contributed by atoms with Crippen molar-refractivity contribution >= 4 is 61.6 Å². The summed E-state index contributed by atoms with van der Waals surface area (Å²) in [4.78, 5) is 8.66. The monoisotopic (exact) mass is 557 g/mol. The van der Waals surface area contributed by atoms with Crippen LogP contribution in [0.25, 0.3) is 21.5 Å². The van der Waals surface area contributed by atoms with Gasteiger partial charge in [0, 0.05) is 7.11 Å². The van der Waals surface area contributed by atoms with Crippen LogP contribution in [0, 0.1) is 13.5 Å². The summed E-state index contributed by atoms with van der Waals surface area (Å²) in [5, 5.41) is 12.4. The van der Waals surface area contributed by atoms with Gasteiger partial charge in [0.15, 0.2) is 8.32 Å². The van der Waals surface area contributed by atoms with Crippen LogP contribution >= 0.6 is 24.8 Å². The van der Waals surface area contributed by atoms with E-state index < -0.39 is 8.32 Å². The van der Waals surface area contributed by atoms with E-state index in [1.54, 1.807) is 0 Å². The summed E-state index contributed by atoms with van der Waals surface area (Å²) in [6.45, 7) is 8.71. The van der Waals surface area contributed by atoms with Crippen molar-refractivity contribution in [1.82, 2.24) is 0 Å². The molecule has 0 amide bonds. The van der Waals surface area contributed by atoms with E-state index in [4.69, 9.17) is 9.90 Å². The van der Waals surface area contributed by atoms with E-state index in [0.29, 0.717) is 0 Å². The summed E-state index contributed by atoms with van der Waals surface area (Å²) in [6, 6.07) is 19.3. The fourth-order valence-electron chi connectivity index (χ4n) is 2.24. The van der Waals surface area contributed by atoms with Crippen molar-refractivity contribution in [2.75, 3.05) is 7.11 Å². The SMILES string of the molecule is CO.C[Si](C)(C)O.Cl.Cl.[C-]1=CC=CC1.[CH3-].[Si]=[Zr].c1ccc2c(c1)[cH-]c1ccccc12. The largest absolute Gasteiger partial charge is 0.126 e. The summed E-state index contributed by atoms with van der Waals surface area (Å²) in [7, 11) is -0.611. The first-order valence-corrected chi connectivity index (χ1v) is 16.3. The second-order valence-corrected chi connectivity index (χ2v) is 10.8. The van der Waals surface area contributed by atoms with Gasteiger partial charge in [0.1, 0.15) is 0 Å². The molecule has 0 unspecified atom stereocenters. The maximum Gasteiger partial charge on any atom is -0.0771 e. The molecule has 7 heteroatoms. The van der Waals surface area contributed by atoms with Crippen molar-refractivity contribution < 1.29 is 33.2 Å². The predicted molar refractivity (Wildman–Crippen MR) is 139 cm³/mol. The fourth-order valence-corrected chi connectivity index (χ4v) is 2.24. The van der Waals surface area contributed by atoms with Gasteiger partial charge in [-0.05, 0) is 19.6 Å². The van der Waals surface area contributed by atoms with Crippen LogP contribution < -0.4 is 0 Å². The molecule has 0 aliphatic heterocycles. The average molecular weight is 560 g/mol. The normalized spacial score (nSPS) is 10.0. The molecular formula is C23H33Cl2O2Si2Zr-3. The zero-order valence-corrected chi connectivity index (χ0v) is 24.4. The molecule has 30 heavy (non-hydrogen) atoms. The van der Waals surface area contributed by atoms with E-state index in [2.05, 4.69) is 73.6 Å². The van der Waals surface area contributed by atoms with E-state index in [1.807, 2.05) is 31.8 Å². The Labute approximate surface area is 213 Å². The predicted octanol–water partition coefficient (Wildman–Crippen LogP) is 6.35. The number of hydrogen-bond acceptors (Lipinski definition) is 2. The van der Waals surface area contributed by atoms with E-state index >= 15 is 0 Å². The van der Waals surface area contributed by atoms with E-state index in [0.717, 1.165) is 13.5 Å². The van der Waals surface area contributed by atoms with Crippen LogP contribution in [0.1, 0.15) is 6.42 Å². The number of allylic oxidation sites excluding steroid dienone is 4. The molecule has 166 valence electrons. The van der Waals surface area contributed by atoms with E-state index in [1.165, 1.54) is 44.9 Å². The molecule has 2 N–H and O–H groups in total. The van der Waals surface area contributed by atoms with Gasteiger partial charge in [-0.25, -0.2) is 12.2 Å². The fraction of sp³-hybridized carbons (Fsp3) is 0.217. The van der Waals surface area contributed by atoms with Crippen LogP contribution in [-0.4, -0.2) is 32.2 Å². The Morgan fingerprint density at radius 1 is 0.900 bits per heavy atom. The number of halogens is 2. The Kier molecular flexibility index (Phi) is 26.9. The molecule has 0 atom stereocenters. The van der Waals surface area contributed by atoms with Gasteiger partial charge < -0.3 is 17.3 Å². The molecule has 1 aliphatic carbocycles. The maximum atomic E-state index is 8.66. The zero-order valence-electron chi connectivity index (χ0n) is 18.3. The number of aliphatic hydroxyl groups excluding tert-OH is 1. The van der Waals surface area contributed by atoms with Crippen LogP contribution in [0.3, 0.4) is 0 Å². The molecule has 3 aromatic carbocycles. The van der Waals surface area contributed by atoms with Gasteiger partial charge in [0.05, 0.1) is 0 Å². The van der Waals surface area contributed by atoms with E-state index in [9.17, 15) is 0 Å². The van der Waals surface area contributed by atoms with Gasteiger partial charge in [-0.3, -0.25) is 6.08 Å². The minimum Gasteiger partial charge on any atom is -0.126 e. The summed E-state index contributed by atoms with van der Waals surface area (Å²) in [6.07, 6.45) is 10.0. The Hall–Kier alpha value is -0.393. The molecule has 2 nitrogen and oxygen atoms in total. The first-order valence-electron chi connectivity index (χ1n) is 8.62. The van der Waals surface area contributed by atoms with Gasteiger partial charge in [0.25, 0.3) is 0 Å². The van der Waals surface area contributed by atoms with Crippen LogP contribution in [0.2, 0.25) is 19.6 Å². The van der Waals surface area contributed by atoms with Crippen molar-refractivity contribution in [3.63, 3.8) is 0 Å². The van der Waals surface area contributed by atoms with Gasteiger partial charge in [-0.2, -0.15) is 6.08 Å². The zero-order chi connectivity index (χ0) is 20.7. The molecule has 0 spiro atoms. The maximum absolute atomic E-state index is 8.66. The van der Waals surface area contributed by atoms with Crippen molar-refractivity contribution in [2.45, 2.75) is 26.1 Å². The Morgan fingerprint density at radius 2 is 1.27 bits per heavy atom. The minimum atomic E-state index is -1.61. The van der Waals surface area contributed by atoms with Crippen LogP contribution in [0.4, 0.5) is 0 Å². The topological polar surface area (TPSA) is 40.5 Å². The van der Waals surface area contributed by atoms with Crippen molar-refractivity contribution in [3.05, 3.63) is 86.3 Å². The molecule has 1 aliphatic rings. The van der Waals surface area contributed by atoms with E-state index in [-0.39, 0.29) is 32.2 Å². The average Bonchev–Trinajstić information content (AvgIpc) is 3.35. The number of aliphatic hydroxyl groups is 1. The van der Waals surface area contributed by atoms with Gasteiger partial charge in [0.2, 0.25) is 0 Å². The molecular weight excluding hydrogens is 527 g/mol. The number of rotatable bonds is 0. The Bertz CT molecular complexity index is 777. The summed E-state index contributed by atoms with van der Waals surface area (Å²) >= 11 is 1.36. The van der Waals surface area contributed by atoms with Gasteiger partial charge in [-0.1, -0.05) is 36.4 Å². The van der Waals surface area contributed by atoms with Crippen molar-refractivity contribution in [1.29, 1.82) is 0 Å². The third-order valence-electron chi connectivity index (χ3n) is 3.11. The van der Waals surface area contributed by atoms with Crippen LogP contribution in [0.5, 0.6) is 0 Å². The molecule has 3 aromatic rings. The Morgan fingerprint density at radius 3 is 1.53 bits per heavy atom. The Balaban J connectivity index is -0.000000171. The molecule has 0 saturated carbocycles. The standard InChI is InChI=1S/C13H9.C5H5.C3H10OSi.CH4O.CH3.2ClH.Si.Zr/c1-3-7-12-10(5-1)9-11-6-2-4-8-13(11)12;1-2-4-5-3-1;1-5(2,3)4;1-2;;;;;/h1-9H;1-3H,4H2;4H,1-3H3;2H,1H3;1H3;2*1H;;/q2*-1;;;-1;;;;. The second kappa shape index (κ2) is 21.8.